The molecule has 0 aromatic carbocycles. The number of aliphatic hydroxyl groups is 1. The third kappa shape index (κ3) is 11.0. The van der Waals surface area contributed by atoms with Crippen LogP contribution in [0.5, 0.6) is 0 Å². The van der Waals surface area contributed by atoms with Crippen molar-refractivity contribution in [2.75, 3.05) is 13.2 Å². The molecule has 0 aliphatic heterocycles. The minimum Gasteiger partial charge on any atom is -0.466 e. The van der Waals surface area contributed by atoms with Gasteiger partial charge in [0.05, 0.1) is 6.61 Å². The molecule has 2 unspecified atom stereocenters. The lowest BCUT2D eigenvalue weighted by molar-refractivity contribution is -0.343. The molecular weight excluding hydrogens is 509 g/mol. The summed E-state index contributed by atoms with van der Waals surface area (Å²) < 4.78 is 87.5. The van der Waals surface area contributed by atoms with E-state index in [0.717, 1.165) is 0 Å². The molecule has 0 heterocycles. The van der Waals surface area contributed by atoms with E-state index < -0.39 is 49.1 Å². The van der Waals surface area contributed by atoms with Crippen LogP contribution in [0.25, 0.3) is 0 Å². The van der Waals surface area contributed by atoms with Gasteiger partial charge in [0.1, 0.15) is 11.6 Å². The summed E-state index contributed by atoms with van der Waals surface area (Å²) in [7, 11) is 0. The van der Waals surface area contributed by atoms with Crippen molar-refractivity contribution in [3.8, 4) is 0 Å². The SMILES string of the molecule is CC1(C)CC(=O)C(N=C=O)C(C)(N=C=O)C1.CCOC(C)=O.OCCCC(F)(C(F)(F)F)C(F)(F)F. The molecule has 2 atom stereocenters. The number of Topliss-reactive ketones (excluding diaryl/α,β-unsaturated/α-hetero) is 1. The number of aliphatic imine (C=N–C) groups is 2. The fourth-order valence-corrected chi connectivity index (χ4v) is 3.48. The van der Waals surface area contributed by atoms with Gasteiger partial charge in [0.2, 0.25) is 12.2 Å². The van der Waals surface area contributed by atoms with Gasteiger partial charge in [0.25, 0.3) is 5.67 Å². The predicted molar refractivity (Wildman–Crippen MR) is 111 cm³/mol. The van der Waals surface area contributed by atoms with E-state index in [1.54, 1.807) is 13.8 Å². The van der Waals surface area contributed by atoms with Gasteiger partial charge in [-0.15, -0.1) is 0 Å². The normalized spacial score (nSPS) is 21.4. The first kappa shape index (κ1) is 35.5. The van der Waals surface area contributed by atoms with E-state index in [-0.39, 0.29) is 17.2 Å². The van der Waals surface area contributed by atoms with Crippen molar-refractivity contribution >= 4 is 23.9 Å². The average molecular weight is 538 g/mol. The van der Waals surface area contributed by atoms with E-state index in [0.29, 0.717) is 19.4 Å². The second-order valence-electron chi connectivity index (χ2n) is 8.72. The van der Waals surface area contributed by atoms with Crippen molar-refractivity contribution in [3.63, 3.8) is 0 Å². The largest absolute Gasteiger partial charge is 0.466 e. The summed E-state index contributed by atoms with van der Waals surface area (Å²) in [5, 5.41) is 8.06. The van der Waals surface area contributed by atoms with Crippen molar-refractivity contribution in [3.05, 3.63) is 0 Å². The summed E-state index contributed by atoms with van der Waals surface area (Å²) in [6.45, 7) is 8.20. The molecule has 0 aromatic rings. The zero-order valence-corrected chi connectivity index (χ0v) is 20.3. The summed E-state index contributed by atoms with van der Waals surface area (Å²) in [6.07, 6.45) is -11.1. The molecule has 1 aliphatic rings. The first-order chi connectivity index (χ1) is 16.2. The fraction of sp³-hybridized carbons (Fsp3) is 0.810. The Morgan fingerprint density at radius 3 is 1.89 bits per heavy atom. The number of rotatable bonds is 6. The highest BCUT2D eigenvalue weighted by Crippen LogP contribution is 2.48. The van der Waals surface area contributed by atoms with Crippen LogP contribution in [0.15, 0.2) is 9.98 Å². The Balaban J connectivity index is 0. The molecule has 1 aliphatic carbocycles. The second kappa shape index (κ2) is 14.2. The lowest BCUT2D eigenvalue weighted by Crippen LogP contribution is -2.53. The van der Waals surface area contributed by atoms with Crippen molar-refractivity contribution in [2.45, 2.75) is 89.9 Å². The first-order valence-corrected chi connectivity index (χ1v) is 10.4. The van der Waals surface area contributed by atoms with E-state index in [1.165, 1.54) is 19.1 Å². The number of isocyanates is 2. The number of ketones is 1. The number of carbonyl (C=O) groups is 2. The zero-order chi connectivity index (χ0) is 29.0. The molecule has 8 nitrogen and oxygen atoms in total. The lowest BCUT2D eigenvalue weighted by Gasteiger charge is -2.41. The molecule has 0 amide bonds. The van der Waals surface area contributed by atoms with Gasteiger partial charge in [-0.3, -0.25) is 9.59 Å². The molecular formula is C21H29F7N2O6. The van der Waals surface area contributed by atoms with Crippen molar-refractivity contribution < 1.29 is 59.8 Å². The summed E-state index contributed by atoms with van der Waals surface area (Å²) in [5.74, 6) is -0.390. The van der Waals surface area contributed by atoms with Crippen LogP contribution in [0.3, 0.4) is 0 Å². The molecule has 0 bridgehead atoms. The predicted octanol–water partition coefficient (Wildman–Crippen LogP) is 4.34. The van der Waals surface area contributed by atoms with Gasteiger partial charge in [-0.25, -0.2) is 14.0 Å². The minimum absolute atomic E-state index is 0.180. The summed E-state index contributed by atoms with van der Waals surface area (Å²) >= 11 is 0. The third-order valence-electron chi connectivity index (χ3n) is 4.79. The maximum absolute atomic E-state index is 12.6. The Morgan fingerprint density at radius 1 is 1.08 bits per heavy atom. The highest BCUT2D eigenvalue weighted by molar-refractivity contribution is 5.88. The molecule has 0 spiro atoms. The molecule has 15 heteroatoms. The van der Waals surface area contributed by atoms with Gasteiger partial charge in [-0.05, 0) is 32.1 Å². The Hall–Kier alpha value is -2.63. The van der Waals surface area contributed by atoms with Gasteiger partial charge in [-0.2, -0.15) is 36.3 Å². The van der Waals surface area contributed by atoms with E-state index in [4.69, 9.17) is 5.11 Å². The highest BCUT2D eigenvalue weighted by Gasteiger charge is 2.71. The second-order valence-corrected chi connectivity index (χ2v) is 8.72. The van der Waals surface area contributed by atoms with Gasteiger partial charge < -0.3 is 9.84 Å². The summed E-state index contributed by atoms with van der Waals surface area (Å²) in [5.41, 5.74) is -6.46. The van der Waals surface area contributed by atoms with Crippen LogP contribution in [0.4, 0.5) is 30.7 Å². The Bertz CT molecular complexity index is 818. The Morgan fingerprint density at radius 2 is 1.58 bits per heavy atom. The highest BCUT2D eigenvalue weighted by atomic mass is 19.4. The van der Waals surface area contributed by atoms with Gasteiger partial charge in [0, 0.05) is 26.4 Å². The number of nitrogens with zero attached hydrogens (tertiary/aromatic N) is 2. The molecule has 36 heavy (non-hydrogen) atoms. The maximum atomic E-state index is 12.6. The third-order valence-corrected chi connectivity index (χ3v) is 4.79. The van der Waals surface area contributed by atoms with Crippen molar-refractivity contribution in [2.24, 2.45) is 15.4 Å². The number of carbonyl (C=O) groups excluding carboxylic acids is 4. The van der Waals surface area contributed by atoms with Crippen LogP contribution in [0, 0.1) is 5.41 Å². The molecule has 1 saturated carbocycles. The molecule has 1 N–H and O–H groups in total. The molecule has 208 valence electrons. The van der Waals surface area contributed by atoms with Gasteiger partial charge in [0.15, 0.2) is 5.78 Å². The standard InChI is InChI=1S/C11H14N2O3.C6H7F7O.C4H8O2/c1-10(2)4-8(16)9(12-6-14)11(3,5-10)13-7-15;7-4(2-1-3-14,5(8,9)10)6(11,12)13;1-3-6-4(2)5/h9H,4-5H2,1-3H3;14H,1-3H2;3H2,1-2H3. The first-order valence-electron chi connectivity index (χ1n) is 10.4. The monoisotopic (exact) mass is 538 g/mol. The van der Waals surface area contributed by atoms with E-state index in [9.17, 15) is 49.9 Å². The summed E-state index contributed by atoms with van der Waals surface area (Å²) in [4.78, 5) is 49.5. The van der Waals surface area contributed by atoms with Crippen LogP contribution in [0.1, 0.15) is 60.3 Å². The number of esters is 1. The fourth-order valence-electron chi connectivity index (χ4n) is 3.48. The number of halogens is 7. The van der Waals surface area contributed by atoms with Crippen LogP contribution in [0.2, 0.25) is 0 Å². The van der Waals surface area contributed by atoms with Gasteiger partial charge >= 0.3 is 18.3 Å². The number of hydrogen-bond acceptors (Lipinski definition) is 8. The maximum Gasteiger partial charge on any atom is 0.431 e. The van der Waals surface area contributed by atoms with E-state index >= 15 is 0 Å². The van der Waals surface area contributed by atoms with Crippen LogP contribution < -0.4 is 0 Å². The van der Waals surface area contributed by atoms with E-state index in [2.05, 4.69) is 14.7 Å². The molecule has 0 aromatic heterocycles. The summed E-state index contributed by atoms with van der Waals surface area (Å²) in [6, 6.07) is -0.903. The van der Waals surface area contributed by atoms with Crippen LogP contribution in [-0.4, -0.2) is 71.8 Å². The van der Waals surface area contributed by atoms with E-state index in [1.807, 2.05) is 13.8 Å². The lowest BCUT2D eigenvalue weighted by atomic mass is 9.66. The number of alkyl halides is 7. The smallest absolute Gasteiger partial charge is 0.431 e. The Kier molecular flexibility index (Phi) is 14.0. The molecule has 1 fully saturated rings. The zero-order valence-electron chi connectivity index (χ0n) is 20.3. The molecule has 1 rings (SSSR count). The number of ether oxygens (including phenoxy) is 1. The van der Waals surface area contributed by atoms with Crippen molar-refractivity contribution in [1.82, 2.24) is 0 Å². The number of aliphatic hydroxyl groups excluding tert-OH is 1. The molecule has 0 radical (unpaired) electrons. The number of hydrogen-bond donors (Lipinski definition) is 1. The van der Waals surface area contributed by atoms with Crippen LogP contribution in [-0.2, 0) is 23.9 Å². The van der Waals surface area contributed by atoms with Gasteiger partial charge in [-0.1, -0.05) is 13.8 Å². The molecule has 0 saturated heterocycles. The quantitative estimate of drug-likeness (QED) is 0.232. The van der Waals surface area contributed by atoms with Crippen molar-refractivity contribution in [1.29, 1.82) is 0 Å². The van der Waals surface area contributed by atoms with Crippen LogP contribution >= 0.6 is 0 Å². The Labute approximate surface area is 203 Å². The topological polar surface area (TPSA) is 122 Å². The average Bonchev–Trinajstić information content (AvgIpc) is 2.67. The minimum atomic E-state index is -6.01.